The molecule has 1 atom stereocenters. The molecule has 3 aromatic rings. The molecule has 0 amide bonds. The molecule has 2 aromatic heterocycles. The van der Waals surface area contributed by atoms with Gasteiger partial charge in [0.25, 0.3) is 0 Å². The van der Waals surface area contributed by atoms with Crippen molar-refractivity contribution >= 4 is 16.9 Å². The molecule has 1 aromatic carbocycles. The molecule has 3 heterocycles. The van der Waals surface area contributed by atoms with Crippen LogP contribution in [0.15, 0.2) is 36.8 Å². The number of hydrogen-bond donors (Lipinski definition) is 1. The van der Waals surface area contributed by atoms with Crippen LogP contribution in [0.4, 0.5) is 10.2 Å². The molecule has 1 unspecified atom stereocenters. The van der Waals surface area contributed by atoms with Crippen LogP contribution in [0, 0.1) is 5.82 Å². The van der Waals surface area contributed by atoms with E-state index in [1.165, 1.54) is 18.5 Å². The van der Waals surface area contributed by atoms with Crippen molar-refractivity contribution in [3.8, 4) is 5.69 Å². The molecule has 130 valence electrons. The van der Waals surface area contributed by atoms with E-state index in [0.717, 1.165) is 43.4 Å². The second kappa shape index (κ2) is 6.76. The largest absolute Gasteiger partial charge is 0.396 e. The number of fused-ring (bicyclic) bond motifs is 1. The van der Waals surface area contributed by atoms with Crippen LogP contribution in [0.5, 0.6) is 0 Å². The second-order valence-corrected chi connectivity index (χ2v) is 6.33. The fourth-order valence-corrected chi connectivity index (χ4v) is 3.59. The minimum Gasteiger partial charge on any atom is -0.396 e. The Labute approximate surface area is 144 Å². The topological polar surface area (TPSA) is 67.1 Å². The summed E-state index contributed by atoms with van der Waals surface area (Å²) in [6.07, 6.45) is 7.30. The summed E-state index contributed by atoms with van der Waals surface area (Å²) in [6, 6.07) is 6.57. The number of hydrogen-bond acceptors (Lipinski definition) is 5. The predicted octanol–water partition coefficient (Wildman–Crippen LogP) is 2.70. The molecule has 25 heavy (non-hydrogen) atoms. The van der Waals surface area contributed by atoms with Crippen LogP contribution in [-0.4, -0.2) is 44.0 Å². The van der Waals surface area contributed by atoms with Gasteiger partial charge in [0.15, 0.2) is 5.65 Å². The normalized spacial score (nSPS) is 18.0. The summed E-state index contributed by atoms with van der Waals surface area (Å²) in [6.45, 7) is 1.07. The third-order valence-corrected chi connectivity index (χ3v) is 4.76. The van der Waals surface area contributed by atoms with Gasteiger partial charge in [-0.3, -0.25) is 0 Å². The zero-order valence-electron chi connectivity index (χ0n) is 13.8. The van der Waals surface area contributed by atoms with Crippen molar-refractivity contribution in [1.82, 2.24) is 19.7 Å². The number of nitrogens with zero attached hydrogens (tertiary/aromatic N) is 5. The van der Waals surface area contributed by atoms with Crippen LogP contribution < -0.4 is 4.90 Å². The van der Waals surface area contributed by atoms with E-state index in [1.807, 2.05) is 0 Å². The van der Waals surface area contributed by atoms with Crippen LogP contribution in [0.1, 0.15) is 25.7 Å². The van der Waals surface area contributed by atoms with Crippen molar-refractivity contribution in [2.24, 2.45) is 0 Å². The van der Waals surface area contributed by atoms with Gasteiger partial charge < -0.3 is 10.0 Å². The van der Waals surface area contributed by atoms with Gasteiger partial charge in [0.05, 0.1) is 17.3 Å². The highest BCUT2D eigenvalue weighted by atomic mass is 19.1. The van der Waals surface area contributed by atoms with Crippen molar-refractivity contribution in [2.45, 2.75) is 31.7 Å². The molecule has 4 rings (SSSR count). The quantitative estimate of drug-likeness (QED) is 0.790. The van der Waals surface area contributed by atoms with Gasteiger partial charge in [0, 0.05) is 19.2 Å². The zero-order valence-corrected chi connectivity index (χ0v) is 13.8. The highest BCUT2D eigenvalue weighted by Crippen LogP contribution is 2.30. The number of halogens is 1. The fourth-order valence-electron chi connectivity index (χ4n) is 3.59. The molecule has 1 fully saturated rings. The maximum atomic E-state index is 13.6. The minimum absolute atomic E-state index is 0.165. The predicted molar refractivity (Wildman–Crippen MR) is 93.3 cm³/mol. The van der Waals surface area contributed by atoms with Gasteiger partial charge >= 0.3 is 0 Å². The number of aliphatic hydroxyl groups excluding tert-OH is 1. The lowest BCUT2D eigenvalue weighted by molar-refractivity contribution is 0.262. The Morgan fingerprint density at radius 1 is 1.24 bits per heavy atom. The molecule has 0 spiro atoms. The summed E-state index contributed by atoms with van der Waals surface area (Å²) in [7, 11) is 0. The van der Waals surface area contributed by atoms with Crippen LogP contribution in [0.2, 0.25) is 0 Å². The Balaban J connectivity index is 1.79. The monoisotopic (exact) mass is 341 g/mol. The molecule has 0 bridgehead atoms. The van der Waals surface area contributed by atoms with Crippen molar-refractivity contribution in [3.05, 3.63) is 42.6 Å². The first-order valence-electron chi connectivity index (χ1n) is 8.60. The second-order valence-electron chi connectivity index (χ2n) is 6.33. The Bertz CT molecular complexity index is 879. The van der Waals surface area contributed by atoms with Gasteiger partial charge in [-0.15, -0.1) is 0 Å². The number of benzene rings is 1. The third kappa shape index (κ3) is 2.95. The standard InChI is InChI=1S/C18H20FN5O/c19-13-4-3-6-15(10-13)24-18-16(11-22-24)17(20-12-21-18)23-8-2-1-5-14(23)7-9-25/h3-4,6,10-12,14,25H,1-2,5,7-9H2. The molecular weight excluding hydrogens is 321 g/mol. The first-order chi connectivity index (χ1) is 12.3. The summed E-state index contributed by atoms with van der Waals surface area (Å²) in [4.78, 5) is 11.1. The molecule has 6 nitrogen and oxygen atoms in total. The Morgan fingerprint density at radius 3 is 3.00 bits per heavy atom. The summed E-state index contributed by atoms with van der Waals surface area (Å²) >= 11 is 0. The molecule has 0 aliphatic carbocycles. The lowest BCUT2D eigenvalue weighted by Gasteiger charge is -2.36. The van der Waals surface area contributed by atoms with Gasteiger partial charge in [-0.05, 0) is 43.9 Å². The third-order valence-electron chi connectivity index (χ3n) is 4.76. The van der Waals surface area contributed by atoms with Crippen LogP contribution in [-0.2, 0) is 0 Å². The summed E-state index contributed by atoms with van der Waals surface area (Å²) in [5.74, 6) is 0.528. The van der Waals surface area contributed by atoms with Crippen LogP contribution in [0.3, 0.4) is 0 Å². The smallest absolute Gasteiger partial charge is 0.168 e. The molecule has 0 saturated carbocycles. The van der Waals surface area contributed by atoms with E-state index in [1.54, 1.807) is 23.0 Å². The molecule has 1 saturated heterocycles. The molecule has 1 aliphatic rings. The van der Waals surface area contributed by atoms with Gasteiger partial charge in [-0.1, -0.05) is 6.07 Å². The molecule has 0 radical (unpaired) electrons. The number of anilines is 1. The average molecular weight is 341 g/mol. The van der Waals surface area contributed by atoms with E-state index in [9.17, 15) is 9.50 Å². The minimum atomic E-state index is -0.311. The van der Waals surface area contributed by atoms with E-state index in [-0.39, 0.29) is 18.5 Å². The highest BCUT2D eigenvalue weighted by molar-refractivity contribution is 5.87. The van der Waals surface area contributed by atoms with Crippen LogP contribution >= 0.6 is 0 Å². The summed E-state index contributed by atoms with van der Waals surface area (Å²) < 4.78 is 15.2. The molecule has 1 N–H and O–H groups in total. The lowest BCUT2D eigenvalue weighted by atomic mass is 9.99. The van der Waals surface area contributed by atoms with Crippen molar-refractivity contribution in [3.63, 3.8) is 0 Å². The van der Waals surface area contributed by atoms with E-state index in [0.29, 0.717) is 11.3 Å². The summed E-state index contributed by atoms with van der Waals surface area (Å²) in [5, 5.41) is 14.6. The number of aliphatic hydroxyl groups is 1. The molecule has 7 heteroatoms. The fraction of sp³-hybridized carbons (Fsp3) is 0.389. The lowest BCUT2D eigenvalue weighted by Crippen LogP contribution is -2.40. The van der Waals surface area contributed by atoms with Gasteiger partial charge in [-0.2, -0.15) is 5.10 Å². The van der Waals surface area contributed by atoms with Gasteiger partial charge in [-0.25, -0.2) is 19.0 Å². The van der Waals surface area contributed by atoms with E-state index >= 15 is 0 Å². The number of aromatic nitrogens is 4. The van der Waals surface area contributed by atoms with Crippen molar-refractivity contribution in [2.75, 3.05) is 18.1 Å². The SMILES string of the molecule is OCCC1CCCCN1c1ncnc2c1cnn2-c1cccc(F)c1. The van der Waals surface area contributed by atoms with Crippen LogP contribution in [0.25, 0.3) is 16.7 Å². The van der Waals surface area contributed by atoms with E-state index in [2.05, 4.69) is 20.0 Å². The van der Waals surface area contributed by atoms with Crippen molar-refractivity contribution < 1.29 is 9.50 Å². The Hall–Kier alpha value is -2.54. The maximum absolute atomic E-state index is 13.6. The highest BCUT2D eigenvalue weighted by Gasteiger charge is 2.25. The van der Waals surface area contributed by atoms with E-state index < -0.39 is 0 Å². The van der Waals surface area contributed by atoms with Crippen molar-refractivity contribution in [1.29, 1.82) is 0 Å². The van der Waals surface area contributed by atoms with E-state index in [4.69, 9.17) is 0 Å². The van der Waals surface area contributed by atoms with Gasteiger partial charge in [0.2, 0.25) is 0 Å². The Morgan fingerprint density at radius 2 is 2.16 bits per heavy atom. The number of piperidine rings is 1. The molecule has 1 aliphatic heterocycles. The first-order valence-corrected chi connectivity index (χ1v) is 8.60. The molecular formula is C18H20FN5O. The maximum Gasteiger partial charge on any atom is 0.168 e. The Kier molecular flexibility index (Phi) is 4.31. The number of rotatable bonds is 4. The average Bonchev–Trinajstić information content (AvgIpc) is 3.07. The first kappa shape index (κ1) is 16.0. The summed E-state index contributed by atoms with van der Waals surface area (Å²) in [5.41, 5.74) is 1.29. The zero-order chi connectivity index (χ0) is 17.2. The van der Waals surface area contributed by atoms with Gasteiger partial charge in [0.1, 0.15) is 18.0 Å².